The van der Waals surface area contributed by atoms with E-state index in [0.29, 0.717) is 22.7 Å². The van der Waals surface area contributed by atoms with Crippen LogP contribution >= 0.6 is 11.3 Å². The number of thiophene rings is 1. The minimum absolute atomic E-state index is 0.0375. The van der Waals surface area contributed by atoms with Crippen LogP contribution in [-0.4, -0.2) is 33.6 Å². The molecule has 0 aliphatic carbocycles. The monoisotopic (exact) mass is 426 g/mol. The first kappa shape index (κ1) is 20.1. The summed E-state index contributed by atoms with van der Waals surface area (Å²) in [6, 6.07) is 15.5. The predicted molar refractivity (Wildman–Crippen MR) is 122 cm³/mol. The second-order valence-corrected chi connectivity index (χ2v) is 8.23. The van der Waals surface area contributed by atoms with Gasteiger partial charge in [-0.1, -0.05) is 12.1 Å². The molecule has 31 heavy (non-hydrogen) atoms. The molecular weight excluding hydrogens is 408 g/mol. The summed E-state index contributed by atoms with van der Waals surface area (Å²) in [6.45, 7) is 1.74. The van der Waals surface area contributed by atoms with Gasteiger partial charge in [0.05, 0.1) is 10.6 Å². The predicted octanol–water partition coefficient (Wildman–Crippen LogP) is 4.64. The second-order valence-electron chi connectivity index (χ2n) is 7.11. The highest BCUT2D eigenvalue weighted by Crippen LogP contribution is 2.35. The molecule has 4 aromatic rings. The average molecular weight is 427 g/mol. The lowest BCUT2D eigenvalue weighted by atomic mass is 10.1. The van der Waals surface area contributed by atoms with Crippen molar-refractivity contribution in [2.24, 2.45) is 0 Å². The van der Waals surface area contributed by atoms with E-state index in [1.165, 1.54) is 11.3 Å². The van der Waals surface area contributed by atoms with Crippen molar-refractivity contribution in [2.45, 2.75) is 6.92 Å². The van der Waals surface area contributed by atoms with Crippen LogP contribution in [0.2, 0.25) is 0 Å². The lowest BCUT2D eigenvalue weighted by Gasteiger charge is -2.13. The number of nitrogens with zero attached hydrogens (tertiary/aromatic N) is 6. The molecule has 3 aromatic heterocycles. The molecule has 0 spiro atoms. The summed E-state index contributed by atoms with van der Waals surface area (Å²) in [7, 11) is 3.97. The van der Waals surface area contributed by atoms with Crippen LogP contribution in [0.1, 0.15) is 10.6 Å². The molecule has 0 atom stereocenters. The summed E-state index contributed by atoms with van der Waals surface area (Å²) in [6.07, 6.45) is 3.32. The number of rotatable bonds is 4. The SMILES string of the molecule is Cc1nc2c(-c3ccc(C=C(C#N)C#N)s3)nc(-c3ccc(N(C)C)cc3)cn2c1O. The number of hydrogen-bond acceptors (Lipinski definition) is 7. The number of nitriles is 2. The number of benzene rings is 1. The van der Waals surface area contributed by atoms with Gasteiger partial charge in [-0.25, -0.2) is 9.97 Å². The van der Waals surface area contributed by atoms with Crippen LogP contribution in [0, 0.1) is 29.6 Å². The van der Waals surface area contributed by atoms with Crippen molar-refractivity contribution in [1.29, 1.82) is 10.5 Å². The summed E-state index contributed by atoms with van der Waals surface area (Å²) in [5.41, 5.74) is 4.39. The van der Waals surface area contributed by atoms with Gasteiger partial charge in [-0.15, -0.1) is 11.3 Å². The molecule has 152 valence electrons. The van der Waals surface area contributed by atoms with Crippen LogP contribution in [0.5, 0.6) is 5.88 Å². The number of imidazole rings is 1. The third-order valence-corrected chi connectivity index (χ3v) is 5.86. The van der Waals surface area contributed by atoms with Crippen molar-refractivity contribution >= 4 is 28.7 Å². The topological polar surface area (TPSA) is 101 Å². The van der Waals surface area contributed by atoms with Crippen LogP contribution in [-0.2, 0) is 0 Å². The van der Waals surface area contributed by atoms with E-state index in [1.54, 1.807) is 23.6 Å². The van der Waals surface area contributed by atoms with Gasteiger partial charge in [0, 0.05) is 36.4 Å². The molecule has 0 aliphatic rings. The molecule has 1 aromatic carbocycles. The molecule has 0 fully saturated rings. The van der Waals surface area contributed by atoms with Gasteiger partial charge in [-0.05, 0) is 37.3 Å². The Morgan fingerprint density at radius 2 is 1.81 bits per heavy atom. The standard InChI is InChI=1S/C23H18N6OS/c1-14-23(30)29-13-19(16-4-6-17(7-5-16)28(2)3)27-21(22(29)26-14)20-9-8-18(31-20)10-15(11-24)12-25/h4-10,13,30H,1-3H3. The largest absolute Gasteiger partial charge is 0.493 e. The van der Waals surface area contributed by atoms with Gasteiger partial charge in [0.15, 0.2) is 5.65 Å². The smallest absolute Gasteiger partial charge is 0.219 e. The maximum absolute atomic E-state index is 10.5. The molecule has 0 radical (unpaired) electrons. The summed E-state index contributed by atoms with van der Waals surface area (Å²) in [4.78, 5) is 13.0. The van der Waals surface area contributed by atoms with E-state index in [-0.39, 0.29) is 11.5 Å². The molecule has 0 amide bonds. The molecule has 7 nitrogen and oxygen atoms in total. The van der Waals surface area contributed by atoms with Gasteiger partial charge in [0.2, 0.25) is 5.88 Å². The Morgan fingerprint density at radius 3 is 2.45 bits per heavy atom. The number of anilines is 1. The van der Waals surface area contributed by atoms with Crippen LogP contribution in [0.3, 0.4) is 0 Å². The molecular formula is C23H18N6OS. The number of fused-ring (bicyclic) bond motifs is 1. The fourth-order valence-corrected chi connectivity index (χ4v) is 4.11. The van der Waals surface area contributed by atoms with E-state index >= 15 is 0 Å². The summed E-state index contributed by atoms with van der Waals surface area (Å²) >= 11 is 1.40. The van der Waals surface area contributed by atoms with Gasteiger partial charge >= 0.3 is 0 Å². The van der Waals surface area contributed by atoms with Crippen LogP contribution < -0.4 is 4.90 Å². The number of aromatic hydroxyl groups is 1. The molecule has 4 rings (SSSR count). The first-order chi connectivity index (χ1) is 14.9. The van der Waals surface area contributed by atoms with Crippen molar-refractivity contribution in [3.63, 3.8) is 0 Å². The minimum Gasteiger partial charge on any atom is -0.493 e. The fourth-order valence-electron chi connectivity index (χ4n) is 3.17. The van der Waals surface area contributed by atoms with Crippen molar-refractivity contribution < 1.29 is 5.11 Å². The van der Waals surface area contributed by atoms with E-state index in [1.807, 2.05) is 67.5 Å². The summed E-state index contributed by atoms with van der Waals surface area (Å²) < 4.78 is 1.64. The van der Waals surface area contributed by atoms with E-state index < -0.39 is 0 Å². The molecule has 0 saturated carbocycles. The first-order valence-corrected chi connectivity index (χ1v) is 10.2. The van der Waals surface area contributed by atoms with Crippen LogP contribution in [0.25, 0.3) is 33.6 Å². The lowest BCUT2D eigenvalue weighted by Crippen LogP contribution is -2.08. The van der Waals surface area contributed by atoms with Gasteiger partial charge in [0.1, 0.15) is 29.1 Å². The summed E-state index contributed by atoms with van der Waals surface area (Å²) in [5, 5.41) is 28.6. The Labute approximate surface area is 183 Å². The Balaban J connectivity index is 1.88. The van der Waals surface area contributed by atoms with E-state index in [2.05, 4.69) is 4.98 Å². The normalized spacial score (nSPS) is 10.5. The average Bonchev–Trinajstić information content (AvgIpc) is 3.36. The fraction of sp³-hybridized carbons (Fsp3) is 0.130. The highest BCUT2D eigenvalue weighted by Gasteiger charge is 2.17. The van der Waals surface area contributed by atoms with Crippen molar-refractivity contribution in [3.05, 3.63) is 58.7 Å². The van der Waals surface area contributed by atoms with Crippen LogP contribution in [0.15, 0.2) is 48.2 Å². The quantitative estimate of drug-likeness (QED) is 0.477. The lowest BCUT2D eigenvalue weighted by molar-refractivity contribution is 0.444. The zero-order valence-corrected chi connectivity index (χ0v) is 18.0. The van der Waals surface area contributed by atoms with E-state index in [0.717, 1.165) is 21.0 Å². The number of hydrogen-bond donors (Lipinski definition) is 1. The first-order valence-electron chi connectivity index (χ1n) is 9.40. The van der Waals surface area contributed by atoms with Crippen molar-refractivity contribution in [1.82, 2.24) is 14.4 Å². The summed E-state index contributed by atoms with van der Waals surface area (Å²) in [5.74, 6) is 0.0673. The van der Waals surface area contributed by atoms with Gasteiger partial charge < -0.3 is 10.0 Å². The maximum atomic E-state index is 10.5. The van der Waals surface area contributed by atoms with E-state index in [4.69, 9.17) is 15.5 Å². The van der Waals surface area contributed by atoms with Crippen LogP contribution in [0.4, 0.5) is 5.69 Å². The van der Waals surface area contributed by atoms with Gasteiger partial charge in [-0.2, -0.15) is 10.5 Å². The third-order valence-electron chi connectivity index (χ3n) is 4.82. The van der Waals surface area contributed by atoms with E-state index in [9.17, 15) is 5.11 Å². The van der Waals surface area contributed by atoms with Crippen molar-refractivity contribution in [3.8, 4) is 39.8 Å². The molecule has 8 heteroatoms. The Bertz CT molecular complexity index is 1380. The molecule has 1 N–H and O–H groups in total. The highest BCUT2D eigenvalue weighted by atomic mass is 32.1. The van der Waals surface area contributed by atoms with Crippen molar-refractivity contribution in [2.75, 3.05) is 19.0 Å². The minimum atomic E-state index is 0.0375. The number of allylic oxidation sites excluding steroid dienone is 1. The Hall–Kier alpha value is -4.14. The molecule has 0 unspecified atom stereocenters. The second kappa shape index (κ2) is 7.94. The number of aromatic nitrogens is 3. The molecule has 3 heterocycles. The zero-order valence-electron chi connectivity index (χ0n) is 17.2. The molecule has 0 aliphatic heterocycles. The number of aryl methyl sites for hydroxylation is 1. The third kappa shape index (κ3) is 3.73. The maximum Gasteiger partial charge on any atom is 0.219 e. The molecule has 0 bridgehead atoms. The Kier molecular flexibility index (Phi) is 5.16. The molecule has 0 saturated heterocycles. The van der Waals surface area contributed by atoms with Gasteiger partial charge in [0.25, 0.3) is 0 Å². The van der Waals surface area contributed by atoms with Gasteiger partial charge in [-0.3, -0.25) is 4.40 Å². The Morgan fingerprint density at radius 1 is 1.10 bits per heavy atom. The highest BCUT2D eigenvalue weighted by molar-refractivity contribution is 7.16. The zero-order chi connectivity index (χ0) is 22.1.